The first-order chi connectivity index (χ1) is 5.66. The summed E-state index contributed by atoms with van der Waals surface area (Å²) in [4.78, 5) is 13.2. The molecule has 12 heavy (non-hydrogen) atoms. The monoisotopic (exact) mass is 201 g/mol. The molecule has 0 atom stereocenters. The number of thioether (sulfide) groups is 1. The molecule has 1 heterocycles. The van der Waals surface area contributed by atoms with Gasteiger partial charge in [-0.15, -0.1) is 0 Å². The molecule has 0 unspecified atom stereocenters. The summed E-state index contributed by atoms with van der Waals surface area (Å²) in [5.74, 6) is 0.981. The Bertz CT molecular complexity index is 247. The molecule has 0 N–H and O–H groups in total. The predicted octanol–water partition coefficient (Wildman–Crippen LogP) is 1.81. The van der Waals surface area contributed by atoms with Crippen molar-refractivity contribution in [3.63, 3.8) is 0 Å². The van der Waals surface area contributed by atoms with E-state index in [0.29, 0.717) is 4.32 Å². The van der Waals surface area contributed by atoms with Gasteiger partial charge in [0, 0.05) is 17.9 Å². The maximum absolute atomic E-state index is 11.5. The van der Waals surface area contributed by atoms with Gasteiger partial charge in [0.15, 0.2) is 0 Å². The van der Waals surface area contributed by atoms with Gasteiger partial charge >= 0.3 is 0 Å². The highest BCUT2D eigenvalue weighted by atomic mass is 32.2. The minimum Gasteiger partial charge on any atom is -0.293 e. The molecule has 0 aliphatic carbocycles. The molecule has 2 nitrogen and oxygen atoms in total. The lowest BCUT2D eigenvalue weighted by atomic mass is 10.2. The minimum atomic E-state index is 0.0486. The second-order valence-electron chi connectivity index (χ2n) is 2.54. The molecule has 66 valence electrons. The SMILES string of the molecule is C/C=C(\C)C(=O)N1CCSC1=S. The third-order valence-electron chi connectivity index (χ3n) is 1.78. The Morgan fingerprint density at radius 3 is 2.83 bits per heavy atom. The standard InChI is InChI=1S/C8H11NOS2/c1-3-6(2)7(10)9-4-5-12-8(9)11/h3H,4-5H2,1-2H3/b6-3+. The molecule has 0 spiro atoms. The first-order valence-electron chi connectivity index (χ1n) is 3.78. The van der Waals surface area contributed by atoms with Crippen LogP contribution in [0.3, 0.4) is 0 Å². The number of carbonyl (C=O) groups excluding carboxylic acids is 1. The van der Waals surface area contributed by atoms with Gasteiger partial charge in [-0.05, 0) is 13.8 Å². The van der Waals surface area contributed by atoms with Crippen molar-refractivity contribution in [2.24, 2.45) is 0 Å². The number of amides is 1. The summed E-state index contributed by atoms with van der Waals surface area (Å²) in [6.07, 6.45) is 1.81. The number of hydrogen-bond acceptors (Lipinski definition) is 3. The summed E-state index contributed by atoms with van der Waals surface area (Å²) in [6, 6.07) is 0. The molecule has 1 aliphatic heterocycles. The highest BCUT2D eigenvalue weighted by molar-refractivity contribution is 8.23. The van der Waals surface area contributed by atoms with Gasteiger partial charge in [0.25, 0.3) is 5.91 Å². The highest BCUT2D eigenvalue weighted by Gasteiger charge is 2.24. The maximum atomic E-state index is 11.5. The van der Waals surface area contributed by atoms with Gasteiger partial charge in [-0.2, -0.15) is 0 Å². The molecule has 0 saturated carbocycles. The third-order valence-corrected chi connectivity index (χ3v) is 3.20. The summed E-state index contributed by atoms with van der Waals surface area (Å²) >= 11 is 6.60. The zero-order chi connectivity index (χ0) is 9.14. The van der Waals surface area contributed by atoms with Crippen LogP contribution in [0.5, 0.6) is 0 Å². The van der Waals surface area contributed by atoms with Crippen LogP contribution in [-0.4, -0.2) is 27.4 Å². The van der Waals surface area contributed by atoms with E-state index in [1.54, 1.807) is 16.7 Å². The molecule has 1 rings (SSSR count). The van der Waals surface area contributed by atoms with Gasteiger partial charge in [-0.25, -0.2) is 0 Å². The van der Waals surface area contributed by atoms with Crippen molar-refractivity contribution in [1.29, 1.82) is 0 Å². The van der Waals surface area contributed by atoms with Crippen molar-refractivity contribution in [2.45, 2.75) is 13.8 Å². The van der Waals surface area contributed by atoms with Gasteiger partial charge < -0.3 is 0 Å². The summed E-state index contributed by atoms with van der Waals surface area (Å²) in [7, 11) is 0. The molecular weight excluding hydrogens is 190 g/mol. The van der Waals surface area contributed by atoms with E-state index in [0.717, 1.165) is 17.9 Å². The van der Waals surface area contributed by atoms with Gasteiger partial charge in [0.1, 0.15) is 4.32 Å². The molecular formula is C8H11NOS2. The smallest absolute Gasteiger partial charge is 0.254 e. The first-order valence-corrected chi connectivity index (χ1v) is 5.17. The van der Waals surface area contributed by atoms with Crippen LogP contribution in [0.25, 0.3) is 0 Å². The molecule has 4 heteroatoms. The Balaban J connectivity index is 2.70. The van der Waals surface area contributed by atoms with Gasteiger partial charge in [0.05, 0.1) is 0 Å². The molecule has 0 radical (unpaired) electrons. The zero-order valence-electron chi connectivity index (χ0n) is 7.16. The second-order valence-corrected chi connectivity index (χ2v) is 4.27. The van der Waals surface area contributed by atoms with Crippen LogP contribution in [0.15, 0.2) is 11.6 Å². The van der Waals surface area contributed by atoms with Crippen LogP contribution in [0.1, 0.15) is 13.8 Å². The number of carbonyl (C=O) groups is 1. The molecule has 0 aromatic rings. The van der Waals surface area contributed by atoms with Crippen LogP contribution in [0, 0.1) is 0 Å². The minimum absolute atomic E-state index is 0.0486. The molecule has 1 fully saturated rings. The lowest BCUT2D eigenvalue weighted by Gasteiger charge is -2.14. The van der Waals surface area contributed by atoms with Crippen LogP contribution < -0.4 is 0 Å². The van der Waals surface area contributed by atoms with Crippen LogP contribution in [0.4, 0.5) is 0 Å². The molecule has 1 saturated heterocycles. The summed E-state index contributed by atoms with van der Waals surface area (Å²) in [5, 5.41) is 0. The quantitative estimate of drug-likeness (QED) is 0.477. The Hall–Kier alpha value is -0.350. The molecule has 0 bridgehead atoms. The zero-order valence-corrected chi connectivity index (χ0v) is 8.80. The Labute approximate surface area is 82.0 Å². The normalized spacial score (nSPS) is 18.7. The third kappa shape index (κ3) is 1.87. The molecule has 0 aromatic carbocycles. The van der Waals surface area contributed by atoms with Gasteiger partial charge in [-0.3, -0.25) is 9.69 Å². The van der Waals surface area contributed by atoms with Crippen molar-refractivity contribution in [1.82, 2.24) is 4.90 Å². The van der Waals surface area contributed by atoms with Crippen molar-refractivity contribution in [3.05, 3.63) is 11.6 Å². The number of thiocarbonyl (C=S) groups is 1. The van der Waals surface area contributed by atoms with E-state index in [-0.39, 0.29) is 5.91 Å². The van der Waals surface area contributed by atoms with Crippen molar-refractivity contribution >= 4 is 34.2 Å². The van der Waals surface area contributed by atoms with E-state index in [9.17, 15) is 4.79 Å². The van der Waals surface area contributed by atoms with E-state index >= 15 is 0 Å². The first kappa shape index (κ1) is 9.74. The van der Waals surface area contributed by atoms with Crippen molar-refractivity contribution < 1.29 is 4.79 Å². The van der Waals surface area contributed by atoms with Crippen LogP contribution in [-0.2, 0) is 4.79 Å². The average Bonchev–Trinajstić information content (AvgIpc) is 2.48. The lowest BCUT2D eigenvalue weighted by Crippen LogP contribution is -2.31. The number of hydrogen-bond donors (Lipinski definition) is 0. The van der Waals surface area contributed by atoms with Crippen LogP contribution >= 0.6 is 24.0 Å². The van der Waals surface area contributed by atoms with E-state index in [2.05, 4.69) is 0 Å². The van der Waals surface area contributed by atoms with Crippen molar-refractivity contribution in [3.8, 4) is 0 Å². The topological polar surface area (TPSA) is 20.3 Å². The Morgan fingerprint density at radius 2 is 2.42 bits per heavy atom. The van der Waals surface area contributed by atoms with Crippen molar-refractivity contribution in [2.75, 3.05) is 12.3 Å². The number of allylic oxidation sites excluding steroid dienone is 1. The predicted molar refractivity (Wildman–Crippen MR) is 56.2 cm³/mol. The highest BCUT2D eigenvalue weighted by Crippen LogP contribution is 2.19. The van der Waals surface area contributed by atoms with E-state index in [4.69, 9.17) is 12.2 Å². The van der Waals surface area contributed by atoms with Gasteiger partial charge in [0.2, 0.25) is 0 Å². The largest absolute Gasteiger partial charge is 0.293 e. The summed E-state index contributed by atoms with van der Waals surface area (Å²) in [5.41, 5.74) is 0.764. The molecule has 0 aromatic heterocycles. The fourth-order valence-corrected chi connectivity index (χ4v) is 2.12. The fourth-order valence-electron chi connectivity index (χ4n) is 0.914. The van der Waals surface area contributed by atoms with Crippen LogP contribution in [0.2, 0.25) is 0 Å². The van der Waals surface area contributed by atoms with E-state index < -0.39 is 0 Å². The Kier molecular flexibility index (Phi) is 3.29. The Morgan fingerprint density at radius 1 is 1.75 bits per heavy atom. The van der Waals surface area contributed by atoms with Gasteiger partial charge in [-0.1, -0.05) is 30.1 Å². The lowest BCUT2D eigenvalue weighted by molar-refractivity contribution is -0.122. The maximum Gasteiger partial charge on any atom is 0.254 e. The van der Waals surface area contributed by atoms with E-state index in [1.165, 1.54) is 0 Å². The average molecular weight is 201 g/mol. The molecule has 1 amide bonds. The molecule has 1 aliphatic rings. The fraction of sp³-hybridized carbons (Fsp3) is 0.500. The summed E-state index contributed by atoms with van der Waals surface area (Å²) < 4.78 is 0.709. The summed E-state index contributed by atoms with van der Waals surface area (Å²) in [6.45, 7) is 4.43. The second kappa shape index (κ2) is 4.05. The number of nitrogens with zero attached hydrogens (tertiary/aromatic N) is 1. The van der Waals surface area contributed by atoms with E-state index in [1.807, 2.05) is 19.9 Å². The number of rotatable bonds is 1.